The van der Waals surface area contributed by atoms with E-state index < -0.39 is 12.3 Å². The number of ether oxygens (including phenoxy) is 2. The summed E-state index contributed by atoms with van der Waals surface area (Å²) in [5.41, 5.74) is 4.87. The Bertz CT molecular complexity index is 1500. The van der Waals surface area contributed by atoms with E-state index in [2.05, 4.69) is 10.6 Å². The van der Waals surface area contributed by atoms with Gasteiger partial charge in [-0.15, -0.1) is 11.8 Å². The maximum Gasteiger partial charge on any atom is 0.336 e. The molecule has 222 valence electrons. The Hall–Kier alpha value is -4.15. The third-order valence-electron chi connectivity index (χ3n) is 7.16. The van der Waals surface area contributed by atoms with E-state index in [1.54, 1.807) is 12.1 Å². The number of benzene rings is 4. The summed E-state index contributed by atoms with van der Waals surface area (Å²) >= 11 is 1.46. The highest BCUT2D eigenvalue weighted by Crippen LogP contribution is 2.39. The fraction of sp³-hybridized carbons (Fsp3) is 0.235. The smallest absolute Gasteiger partial charge is 0.336 e. The molecule has 3 atom stereocenters. The van der Waals surface area contributed by atoms with Crippen LogP contribution in [0, 0.1) is 0 Å². The van der Waals surface area contributed by atoms with E-state index in [0.717, 1.165) is 27.8 Å². The summed E-state index contributed by atoms with van der Waals surface area (Å²) < 4.78 is 12.8. The molecular weight excluding hydrogens is 564 g/mol. The van der Waals surface area contributed by atoms with Crippen LogP contribution in [-0.4, -0.2) is 34.1 Å². The van der Waals surface area contributed by atoms with E-state index >= 15 is 0 Å². The molecule has 0 bridgehead atoms. The summed E-state index contributed by atoms with van der Waals surface area (Å²) in [6, 6.07) is 31.9. The molecule has 9 heteroatoms. The van der Waals surface area contributed by atoms with Crippen LogP contribution in [0.5, 0.6) is 0 Å². The van der Waals surface area contributed by atoms with Gasteiger partial charge in [0.1, 0.15) is 0 Å². The second kappa shape index (κ2) is 14.8. The van der Waals surface area contributed by atoms with E-state index in [1.807, 2.05) is 91.0 Å². The van der Waals surface area contributed by atoms with Gasteiger partial charge in [-0.25, -0.2) is 9.59 Å². The number of hydrogen-bond donors (Lipinski definition) is 4. The van der Waals surface area contributed by atoms with Gasteiger partial charge in [0.25, 0.3) is 0 Å². The summed E-state index contributed by atoms with van der Waals surface area (Å²) in [5.74, 6) is -0.408. The quantitative estimate of drug-likeness (QED) is 0.152. The maximum absolute atomic E-state index is 12.3. The molecule has 0 spiro atoms. The van der Waals surface area contributed by atoms with Gasteiger partial charge in [0.2, 0.25) is 0 Å². The van der Waals surface area contributed by atoms with Crippen molar-refractivity contribution in [3.8, 4) is 0 Å². The van der Waals surface area contributed by atoms with Crippen molar-refractivity contribution < 1.29 is 29.3 Å². The minimum absolute atomic E-state index is 0.0321. The van der Waals surface area contributed by atoms with Gasteiger partial charge in [-0.3, -0.25) is 0 Å². The van der Waals surface area contributed by atoms with Gasteiger partial charge in [-0.05, 0) is 34.4 Å². The number of aliphatic hydroxyl groups excluding tert-OH is 1. The number of carbonyl (C=O) groups is 2. The topological polar surface area (TPSA) is 117 Å². The molecule has 1 heterocycles. The first-order valence-electron chi connectivity index (χ1n) is 14.1. The number of rotatable bonds is 11. The molecule has 4 aromatic rings. The third kappa shape index (κ3) is 8.46. The number of urea groups is 1. The van der Waals surface area contributed by atoms with Crippen LogP contribution in [0.2, 0.25) is 0 Å². The summed E-state index contributed by atoms with van der Waals surface area (Å²) in [4.78, 5) is 24.6. The fourth-order valence-electron chi connectivity index (χ4n) is 4.79. The summed E-state index contributed by atoms with van der Waals surface area (Å²) in [6.07, 6.45) is -0.492. The normalized spacial score (nSPS) is 18.1. The van der Waals surface area contributed by atoms with Crippen LogP contribution in [-0.2, 0) is 29.2 Å². The van der Waals surface area contributed by atoms with Gasteiger partial charge in [-0.1, -0.05) is 91.0 Å². The Balaban J connectivity index is 1.24. The Morgan fingerprint density at radius 1 is 0.744 bits per heavy atom. The van der Waals surface area contributed by atoms with Crippen LogP contribution in [0.3, 0.4) is 0 Å². The van der Waals surface area contributed by atoms with Crippen molar-refractivity contribution in [2.45, 2.75) is 49.5 Å². The van der Waals surface area contributed by atoms with E-state index in [-0.39, 0.29) is 30.4 Å². The zero-order chi connectivity index (χ0) is 30.0. The molecule has 1 fully saturated rings. The number of nitrogens with one attached hydrogen (secondary N) is 2. The van der Waals surface area contributed by atoms with Gasteiger partial charge in [0, 0.05) is 35.7 Å². The van der Waals surface area contributed by atoms with Crippen molar-refractivity contribution in [2.75, 3.05) is 5.75 Å². The summed E-state index contributed by atoms with van der Waals surface area (Å²) in [5, 5.41) is 24.8. The molecule has 0 radical (unpaired) electrons. The lowest BCUT2D eigenvalue weighted by Crippen LogP contribution is -2.34. The van der Waals surface area contributed by atoms with Crippen LogP contribution in [0.4, 0.5) is 4.79 Å². The molecular formula is C34H34N2O6S. The average molecular weight is 599 g/mol. The van der Waals surface area contributed by atoms with Crippen molar-refractivity contribution in [3.05, 3.63) is 137 Å². The number of aromatic carboxylic acids is 1. The third-order valence-corrected chi connectivity index (χ3v) is 8.36. The van der Waals surface area contributed by atoms with E-state index in [1.165, 1.54) is 11.8 Å². The highest BCUT2D eigenvalue weighted by atomic mass is 32.2. The Labute approximate surface area is 255 Å². The first-order chi connectivity index (χ1) is 21.0. The predicted octanol–water partition coefficient (Wildman–Crippen LogP) is 6.21. The van der Waals surface area contributed by atoms with Crippen LogP contribution in [0.1, 0.15) is 57.0 Å². The number of amides is 2. The number of aliphatic hydroxyl groups is 1. The number of carboxylic acids is 1. The minimum atomic E-state index is -0.959. The average Bonchev–Trinajstić information content (AvgIpc) is 3.06. The molecule has 8 nitrogen and oxygen atoms in total. The monoisotopic (exact) mass is 598 g/mol. The highest BCUT2D eigenvalue weighted by molar-refractivity contribution is 7.99. The van der Waals surface area contributed by atoms with Crippen LogP contribution in [0.25, 0.3) is 0 Å². The SMILES string of the molecule is O=C(NCc1ccccc1)NCc1ccc([C@H]2O[C@@H](CSc3ccccc3C(=O)O)C[C@@H](c3ccc(CO)cc3)O2)cc1. The van der Waals surface area contributed by atoms with Gasteiger partial charge < -0.3 is 30.3 Å². The number of hydrogen-bond acceptors (Lipinski definition) is 6. The van der Waals surface area contributed by atoms with Gasteiger partial charge in [0.05, 0.1) is 24.4 Å². The first-order valence-corrected chi connectivity index (χ1v) is 15.1. The first kappa shape index (κ1) is 30.3. The van der Waals surface area contributed by atoms with Crippen molar-refractivity contribution >= 4 is 23.8 Å². The molecule has 0 saturated carbocycles. The van der Waals surface area contributed by atoms with Gasteiger partial charge in [-0.2, -0.15) is 0 Å². The lowest BCUT2D eigenvalue weighted by molar-refractivity contribution is -0.245. The van der Waals surface area contributed by atoms with Crippen LogP contribution < -0.4 is 10.6 Å². The van der Waals surface area contributed by atoms with Crippen molar-refractivity contribution in [1.82, 2.24) is 10.6 Å². The van der Waals surface area contributed by atoms with E-state index in [0.29, 0.717) is 30.2 Å². The minimum Gasteiger partial charge on any atom is -0.478 e. The Morgan fingerprint density at radius 2 is 1.35 bits per heavy atom. The Morgan fingerprint density at radius 3 is 2.02 bits per heavy atom. The van der Waals surface area contributed by atoms with Crippen LogP contribution >= 0.6 is 11.8 Å². The molecule has 43 heavy (non-hydrogen) atoms. The molecule has 1 saturated heterocycles. The van der Waals surface area contributed by atoms with Gasteiger partial charge in [0.15, 0.2) is 6.29 Å². The molecule has 0 aliphatic carbocycles. The number of thioether (sulfide) groups is 1. The number of carbonyl (C=O) groups excluding carboxylic acids is 1. The highest BCUT2D eigenvalue weighted by Gasteiger charge is 2.32. The standard InChI is InChI=1S/C34H34N2O6S/c37-21-25-12-14-26(15-13-25)30-18-28(22-43-31-9-5-4-8-29(31)32(38)39)41-33(42-30)27-16-10-24(11-17-27)20-36-34(40)35-19-23-6-2-1-3-7-23/h1-17,28,30,33,37H,18-22H2,(H,38,39)(H2,35,36,40)/t28-,30+,33+/m1/s1. The van der Waals surface area contributed by atoms with E-state index in [9.17, 15) is 19.8 Å². The molecule has 4 aromatic carbocycles. The lowest BCUT2D eigenvalue weighted by Gasteiger charge is -2.36. The van der Waals surface area contributed by atoms with Gasteiger partial charge >= 0.3 is 12.0 Å². The zero-order valence-electron chi connectivity index (χ0n) is 23.5. The Kier molecular flexibility index (Phi) is 10.5. The maximum atomic E-state index is 12.3. The molecule has 4 N–H and O–H groups in total. The largest absolute Gasteiger partial charge is 0.478 e. The predicted molar refractivity (Wildman–Crippen MR) is 165 cm³/mol. The molecule has 2 amide bonds. The molecule has 1 aliphatic heterocycles. The lowest BCUT2D eigenvalue weighted by atomic mass is 10.0. The zero-order valence-corrected chi connectivity index (χ0v) is 24.3. The van der Waals surface area contributed by atoms with Crippen molar-refractivity contribution in [3.63, 3.8) is 0 Å². The second-order valence-electron chi connectivity index (χ2n) is 10.2. The second-order valence-corrected chi connectivity index (χ2v) is 11.3. The fourth-order valence-corrected chi connectivity index (χ4v) is 5.86. The molecule has 5 rings (SSSR count). The summed E-state index contributed by atoms with van der Waals surface area (Å²) in [6.45, 7) is 0.790. The van der Waals surface area contributed by atoms with Crippen LogP contribution in [0.15, 0.2) is 108 Å². The molecule has 0 aromatic heterocycles. The molecule has 1 aliphatic rings. The van der Waals surface area contributed by atoms with Crippen molar-refractivity contribution in [1.29, 1.82) is 0 Å². The number of carboxylic acid groups (broad SMARTS) is 1. The molecule has 0 unspecified atom stereocenters. The van der Waals surface area contributed by atoms with E-state index in [4.69, 9.17) is 9.47 Å². The van der Waals surface area contributed by atoms with Crippen molar-refractivity contribution in [2.24, 2.45) is 0 Å². The summed E-state index contributed by atoms with van der Waals surface area (Å²) in [7, 11) is 0.